The van der Waals surface area contributed by atoms with Gasteiger partial charge in [0.2, 0.25) is 11.8 Å². The third kappa shape index (κ3) is 6.63. The summed E-state index contributed by atoms with van der Waals surface area (Å²) >= 11 is 0. The van der Waals surface area contributed by atoms with Crippen LogP contribution in [0.25, 0.3) is 0 Å². The molecule has 6 nitrogen and oxygen atoms in total. The summed E-state index contributed by atoms with van der Waals surface area (Å²) in [5.74, 6) is 0.0684. The summed E-state index contributed by atoms with van der Waals surface area (Å²) in [6.07, 6.45) is 1.18. The first-order chi connectivity index (χ1) is 9.45. The summed E-state index contributed by atoms with van der Waals surface area (Å²) in [7, 11) is 0. The Kier molecular flexibility index (Phi) is 9.57. The highest BCUT2D eigenvalue weighted by Crippen LogP contribution is 2.06. The molecule has 1 fully saturated rings. The molecular formula is C14H28ClN3O3. The molecule has 1 aliphatic heterocycles. The van der Waals surface area contributed by atoms with Crippen LogP contribution in [0.1, 0.15) is 33.6 Å². The third-order valence-electron chi connectivity index (χ3n) is 3.41. The monoisotopic (exact) mass is 321 g/mol. The number of halogens is 1. The molecule has 21 heavy (non-hydrogen) atoms. The van der Waals surface area contributed by atoms with Gasteiger partial charge in [0.25, 0.3) is 0 Å². The van der Waals surface area contributed by atoms with E-state index in [9.17, 15) is 9.59 Å². The van der Waals surface area contributed by atoms with E-state index in [1.54, 1.807) is 4.90 Å². The van der Waals surface area contributed by atoms with Gasteiger partial charge in [0, 0.05) is 13.1 Å². The Morgan fingerprint density at radius 2 is 1.86 bits per heavy atom. The van der Waals surface area contributed by atoms with Crippen LogP contribution in [-0.2, 0) is 14.3 Å². The second-order valence-electron chi connectivity index (χ2n) is 5.64. The number of morpholine rings is 1. The predicted octanol–water partition coefficient (Wildman–Crippen LogP) is 0.535. The van der Waals surface area contributed by atoms with Crippen molar-refractivity contribution in [2.45, 2.75) is 45.7 Å². The molecule has 1 aliphatic rings. The van der Waals surface area contributed by atoms with Crippen molar-refractivity contribution in [2.24, 2.45) is 11.7 Å². The lowest BCUT2D eigenvalue weighted by Crippen LogP contribution is -2.54. The van der Waals surface area contributed by atoms with Crippen molar-refractivity contribution in [2.75, 3.05) is 26.3 Å². The topological polar surface area (TPSA) is 84.7 Å². The van der Waals surface area contributed by atoms with Crippen LogP contribution in [0.15, 0.2) is 0 Å². The molecule has 7 heteroatoms. The van der Waals surface area contributed by atoms with Crippen molar-refractivity contribution in [3.8, 4) is 0 Å². The second-order valence-corrected chi connectivity index (χ2v) is 5.64. The summed E-state index contributed by atoms with van der Waals surface area (Å²) in [5.41, 5.74) is 5.84. The van der Waals surface area contributed by atoms with Crippen molar-refractivity contribution in [1.29, 1.82) is 0 Å². The smallest absolute Gasteiger partial charge is 0.245 e. The Morgan fingerprint density at radius 3 is 2.33 bits per heavy atom. The molecule has 2 amide bonds. The van der Waals surface area contributed by atoms with E-state index in [1.807, 2.05) is 20.8 Å². The van der Waals surface area contributed by atoms with Crippen molar-refractivity contribution >= 4 is 24.2 Å². The van der Waals surface area contributed by atoms with Crippen LogP contribution in [-0.4, -0.2) is 55.1 Å². The summed E-state index contributed by atoms with van der Waals surface area (Å²) in [5, 5.41) is 2.77. The SMILES string of the molecule is CCC(NC(=O)[C@@H](N)CC(C)C)C(=O)N1CCOCC1.Cl. The van der Waals surface area contributed by atoms with E-state index in [4.69, 9.17) is 10.5 Å². The molecule has 1 unspecified atom stereocenters. The van der Waals surface area contributed by atoms with Gasteiger partial charge in [-0.3, -0.25) is 9.59 Å². The Bertz CT molecular complexity index is 333. The van der Waals surface area contributed by atoms with Gasteiger partial charge in [-0.1, -0.05) is 20.8 Å². The van der Waals surface area contributed by atoms with Crippen LogP contribution >= 0.6 is 12.4 Å². The van der Waals surface area contributed by atoms with Gasteiger partial charge >= 0.3 is 0 Å². The second kappa shape index (κ2) is 9.97. The Balaban J connectivity index is 0.00000400. The number of amides is 2. The molecule has 1 rings (SSSR count). The zero-order valence-electron chi connectivity index (χ0n) is 13.1. The fraction of sp³-hybridized carbons (Fsp3) is 0.857. The van der Waals surface area contributed by atoms with Crippen molar-refractivity contribution in [3.05, 3.63) is 0 Å². The first-order valence-corrected chi connectivity index (χ1v) is 7.38. The van der Waals surface area contributed by atoms with E-state index in [0.717, 1.165) is 0 Å². The van der Waals surface area contributed by atoms with Crippen molar-refractivity contribution in [1.82, 2.24) is 10.2 Å². The molecule has 0 bridgehead atoms. The van der Waals surface area contributed by atoms with Crippen LogP contribution < -0.4 is 11.1 Å². The number of hydrogen-bond donors (Lipinski definition) is 2. The largest absolute Gasteiger partial charge is 0.378 e. The highest BCUT2D eigenvalue weighted by atomic mass is 35.5. The molecule has 0 aliphatic carbocycles. The van der Waals surface area contributed by atoms with Crippen LogP contribution in [0.4, 0.5) is 0 Å². The molecule has 0 aromatic carbocycles. The normalized spacial score (nSPS) is 17.9. The number of nitrogens with two attached hydrogens (primary N) is 1. The van der Waals surface area contributed by atoms with Crippen LogP contribution in [0.3, 0.4) is 0 Å². The van der Waals surface area contributed by atoms with E-state index >= 15 is 0 Å². The number of carbonyl (C=O) groups is 2. The summed E-state index contributed by atoms with van der Waals surface area (Å²) < 4.78 is 5.23. The van der Waals surface area contributed by atoms with E-state index in [2.05, 4.69) is 5.32 Å². The van der Waals surface area contributed by atoms with E-state index in [1.165, 1.54) is 0 Å². The number of ether oxygens (including phenoxy) is 1. The molecule has 1 heterocycles. The number of nitrogens with zero attached hydrogens (tertiary/aromatic N) is 1. The molecular weight excluding hydrogens is 294 g/mol. The maximum atomic E-state index is 12.3. The fourth-order valence-corrected chi connectivity index (χ4v) is 2.24. The van der Waals surface area contributed by atoms with Crippen LogP contribution in [0.5, 0.6) is 0 Å². The first kappa shape index (κ1) is 20.1. The van der Waals surface area contributed by atoms with Gasteiger partial charge in [-0.25, -0.2) is 0 Å². The lowest BCUT2D eigenvalue weighted by atomic mass is 10.0. The first-order valence-electron chi connectivity index (χ1n) is 7.38. The molecule has 0 spiro atoms. The van der Waals surface area contributed by atoms with E-state index in [0.29, 0.717) is 45.1 Å². The van der Waals surface area contributed by atoms with Gasteiger partial charge in [0.15, 0.2) is 0 Å². The van der Waals surface area contributed by atoms with Crippen molar-refractivity contribution < 1.29 is 14.3 Å². The van der Waals surface area contributed by atoms with Gasteiger partial charge in [-0.05, 0) is 18.8 Å². The standard InChI is InChI=1S/C14H27N3O3.ClH/c1-4-12(14(19)17-5-7-20-8-6-17)16-13(18)11(15)9-10(2)3;/h10-12H,4-9,15H2,1-3H3,(H,16,18);1H/t11-,12?;/m0./s1. The molecule has 2 atom stereocenters. The number of rotatable bonds is 6. The van der Waals surface area contributed by atoms with E-state index < -0.39 is 12.1 Å². The average Bonchev–Trinajstić information content (AvgIpc) is 2.43. The average molecular weight is 322 g/mol. The Hall–Kier alpha value is -0.850. The number of nitrogens with one attached hydrogen (secondary N) is 1. The summed E-state index contributed by atoms with van der Waals surface area (Å²) in [6.45, 7) is 8.21. The van der Waals surface area contributed by atoms with Gasteiger partial charge in [0.05, 0.1) is 19.3 Å². The van der Waals surface area contributed by atoms with Crippen LogP contribution in [0.2, 0.25) is 0 Å². The number of carbonyl (C=O) groups excluding carboxylic acids is 2. The van der Waals surface area contributed by atoms with Crippen molar-refractivity contribution in [3.63, 3.8) is 0 Å². The number of hydrogen-bond acceptors (Lipinski definition) is 4. The molecule has 0 aromatic heterocycles. The maximum Gasteiger partial charge on any atom is 0.245 e. The summed E-state index contributed by atoms with van der Waals surface area (Å²) in [4.78, 5) is 26.1. The quantitative estimate of drug-likeness (QED) is 0.747. The molecule has 3 N–H and O–H groups in total. The highest BCUT2D eigenvalue weighted by molar-refractivity contribution is 5.89. The minimum atomic E-state index is -0.554. The Labute approximate surface area is 133 Å². The van der Waals surface area contributed by atoms with Gasteiger partial charge in [0.1, 0.15) is 6.04 Å². The predicted molar refractivity (Wildman–Crippen MR) is 84.3 cm³/mol. The van der Waals surface area contributed by atoms with Gasteiger partial charge in [-0.15, -0.1) is 12.4 Å². The van der Waals surface area contributed by atoms with Crippen LogP contribution in [0, 0.1) is 5.92 Å². The third-order valence-corrected chi connectivity index (χ3v) is 3.41. The zero-order chi connectivity index (χ0) is 15.1. The molecule has 0 radical (unpaired) electrons. The summed E-state index contributed by atoms with van der Waals surface area (Å²) in [6, 6.07) is -1.04. The molecule has 1 saturated heterocycles. The highest BCUT2D eigenvalue weighted by Gasteiger charge is 2.27. The van der Waals surface area contributed by atoms with Gasteiger partial charge in [-0.2, -0.15) is 0 Å². The molecule has 0 aromatic rings. The fourth-order valence-electron chi connectivity index (χ4n) is 2.24. The molecule has 0 saturated carbocycles. The van der Waals surface area contributed by atoms with E-state index in [-0.39, 0.29) is 24.2 Å². The molecule has 124 valence electrons. The minimum absolute atomic E-state index is 0. The lowest BCUT2D eigenvalue weighted by molar-refractivity contribution is -0.140. The Morgan fingerprint density at radius 1 is 1.29 bits per heavy atom. The zero-order valence-corrected chi connectivity index (χ0v) is 13.9. The lowest BCUT2D eigenvalue weighted by Gasteiger charge is -2.30. The van der Waals surface area contributed by atoms with Gasteiger partial charge < -0.3 is 20.7 Å². The maximum absolute atomic E-state index is 12.3. The minimum Gasteiger partial charge on any atom is -0.378 e.